The van der Waals surface area contributed by atoms with Crippen LogP contribution in [0.2, 0.25) is 0 Å². The predicted molar refractivity (Wildman–Crippen MR) is 75.3 cm³/mol. The number of rotatable bonds is 2. The van der Waals surface area contributed by atoms with Crippen LogP contribution in [-0.4, -0.2) is 11.7 Å². The molecule has 3 rings (SSSR count). The third kappa shape index (κ3) is 2.42. The van der Waals surface area contributed by atoms with Gasteiger partial charge in [-0.25, -0.2) is 0 Å². The fourth-order valence-corrected chi connectivity index (χ4v) is 2.50. The van der Waals surface area contributed by atoms with E-state index in [-0.39, 0.29) is 6.04 Å². The van der Waals surface area contributed by atoms with Gasteiger partial charge in [-0.2, -0.15) is 0 Å². The molecule has 0 fully saturated rings. The summed E-state index contributed by atoms with van der Waals surface area (Å²) in [6.45, 7) is 3.33. The van der Waals surface area contributed by atoms with Gasteiger partial charge in [-0.05, 0) is 41.8 Å². The molecule has 1 atom stereocenters. The lowest BCUT2D eigenvalue weighted by Crippen LogP contribution is -2.23. The second-order valence-electron chi connectivity index (χ2n) is 4.91. The number of benzene rings is 2. The van der Waals surface area contributed by atoms with Gasteiger partial charge >= 0.3 is 0 Å². The smallest absolute Gasteiger partial charge is 0.115 e. The van der Waals surface area contributed by atoms with Crippen LogP contribution in [0.15, 0.2) is 42.5 Å². The fraction of sp³-hybridized carbons (Fsp3) is 0.250. The van der Waals surface area contributed by atoms with E-state index in [0.29, 0.717) is 19.0 Å². The van der Waals surface area contributed by atoms with E-state index in [1.165, 1.54) is 11.1 Å². The van der Waals surface area contributed by atoms with Gasteiger partial charge in [-0.1, -0.05) is 24.3 Å². The average Bonchev–Trinajstić information content (AvgIpc) is 2.42. The van der Waals surface area contributed by atoms with Gasteiger partial charge in [-0.3, -0.25) is 0 Å². The van der Waals surface area contributed by atoms with Crippen molar-refractivity contribution in [1.82, 2.24) is 0 Å². The molecule has 2 aromatic carbocycles. The quantitative estimate of drug-likeness (QED) is 0.808. The van der Waals surface area contributed by atoms with Crippen molar-refractivity contribution in [1.29, 1.82) is 0 Å². The van der Waals surface area contributed by atoms with E-state index in [9.17, 15) is 5.11 Å². The molecule has 0 spiro atoms. The van der Waals surface area contributed by atoms with Crippen molar-refractivity contribution in [2.75, 3.05) is 11.9 Å². The number of hydrogen-bond acceptors (Lipinski definition) is 3. The number of hydrogen-bond donors (Lipinski definition) is 2. The SMILES string of the molecule is Cc1cc(O)ccc1NC1COCc2ccccc21. The maximum atomic E-state index is 9.45. The Bertz CT molecular complexity index is 595. The largest absolute Gasteiger partial charge is 0.508 e. The van der Waals surface area contributed by atoms with Gasteiger partial charge in [-0.15, -0.1) is 0 Å². The highest BCUT2D eigenvalue weighted by atomic mass is 16.5. The van der Waals surface area contributed by atoms with Crippen molar-refractivity contribution >= 4 is 5.69 Å². The van der Waals surface area contributed by atoms with Crippen LogP contribution in [-0.2, 0) is 11.3 Å². The van der Waals surface area contributed by atoms with Crippen molar-refractivity contribution in [3.05, 3.63) is 59.2 Å². The minimum Gasteiger partial charge on any atom is -0.508 e. The second kappa shape index (κ2) is 4.94. The minimum absolute atomic E-state index is 0.160. The summed E-state index contributed by atoms with van der Waals surface area (Å²) in [5.74, 6) is 0.295. The zero-order valence-electron chi connectivity index (χ0n) is 10.9. The Morgan fingerprint density at radius 2 is 2.05 bits per heavy atom. The van der Waals surface area contributed by atoms with Crippen molar-refractivity contribution in [2.24, 2.45) is 0 Å². The Morgan fingerprint density at radius 3 is 2.89 bits per heavy atom. The summed E-state index contributed by atoms with van der Waals surface area (Å²) in [5, 5.41) is 12.9. The lowest BCUT2D eigenvalue weighted by Gasteiger charge is -2.28. The van der Waals surface area contributed by atoms with Crippen LogP contribution in [0.5, 0.6) is 5.75 Å². The first kappa shape index (κ1) is 12.1. The normalized spacial score (nSPS) is 17.8. The molecule has 1 heterocycles. The number of fused-ring (bicyclic) bond motifs is 1. The molecule has 0 saturated carbocycles. The number of phenols is 1. The van der Waals surface area contributed by atoms with Crippen LogP contribution in [0.1, 0.15) is 22.7 Å². The van der Waals surface area contributed by atoms with Crippen LogP contribution in [0.25, 0.3) is 0 Å². The molecule has 19 heavy (non-hydrogen) atoms. The highest BCUT2D eigenvalue weighted by Crippen LogP contribution is 2.30. The molecule has 2 N–H and O–H groups in total. The van der Waals surface area contributed by atoms with Crippen molar-refractivity contribution in [3.63, 3.8) is 0 Å². The second-order valence-corrected chi connectivity index (χ2v) is 4.91. The molecule has 3 heteroatoms. The van der Waals surface area contributed by atoms with E-state index in [1.807, 2.05) is 19.1 Å². The first-order chi connectivity index (χ1) is 9.24. The Hall–Kier alpha value is -2.00. The third-order valence-corrected chi connectivity index (χ3v) is 3.51. The van der Waals surface area contributed by atoms with E-state index in [2.05, 4.69) is 23.5 Å². The Balaban J connectivity index is 1.88. The lowest BCUT2D eigenvalue weighted by molar-refractivity contribution is 0.0970. The number of anilines is 1. The molecule has 0 radical (unpaired) electrons. The van der Waals surface area contributed by atoms with Crippen molar-refractivity contribution in [2.45, 2.75) is 19.6 Å². The number of phenolic OH excluding ortho intramolecular Hbond substituents is 1. The van der Waals surface area contributed by atoms with E-state index < -0.39 is 0 Å². The topological polar surface area (TPSA) is 41.5 Å². The first-order valence-corrected chi connectivity index (χ1v) is 6.46. The molecule has 0 aliphatic carbocycles. The van der Waals surface area contributed by atoms with Crippen LogP contribution in [0.4, 0.5) is 5.69 Å². The minimum atomic E-state index is 0.160. The molecule has 0 saturated heterocycles. The van der Waals surface area contributed by atoms with E-state index in [4.69, 9.17) is 4.74 Å². The zero-order valence-corrected chi connectivity index (χ0v) is 10.9. The Kier molecular flexibility index (Phi) is 3.13. The highest BCUT2D eigenvalue weighted by Gasteiger charge is 2.20. The maximum absolute atomic E-state index is 9.45. The highest BCUT2D eigenvalue weighted by molar-refractivity contribution is 5.55. The summed E-state index contributed by atoms with van der Waals surface area (Å²) >= 11 is 0. The Morgan fingerprint density at radius 1 is 1.21 bits per heavy atom. The molecule has 1 aliphatic rings. The third-order valence-electron chi connectivity index (χ3n) is 3.51. The number of aryl methyl sites for hydroxylation is 1. The molecule has 2 aromatic rings. The summed E-state index contributed by atoms with van der Waals surface area (Å²) in [6, 6.07) is 13.9. The molecular weight excluding hydrogens is 238 g/mol. The number of nitrogens with one attached hydrogen (secondary N) is 1. The van der Waals surface area contributed by atoms with E-state index >= 15 is 0 Å². The standard InChI is InChI=1S/C16H17NO2/c1-11-8-13(18)6-7-15(11)17-16-10-19-9-12-4-2-3-5-14(12)16/h2-8,16-18H,9-10H2,1H3. The monoisotopic (exact) mass is 255 g/mol. The van der Waals surface area contributed by atoms with Gasteiger partial charge in [0.2, 0.25) is 0 Å². The number of aromatic hydroxyl groups is 1. The van der Waals surface area contributed by atoms with Crippen molar-refractivity contribution < 1.29 is 9.84 Å². The predicted octanol–water partition coefficient (Wildman–Crippen LogP) is 3.38. The summed E-state index contributed by atoms with van der Waals surface area (Å²) in [5.41, 5.74) is 4.59. The van der Waals surface area contributed by atoms with Crippen LogP contribution >= 0.6 is 0 Å². The summed E-state index contributed by atoms with van der Waals surface area (Å²) in [7, 11) is 0. The molecule has 98 valence electrons. The van der Waals surface area contributed by atoms with Crippen molar-refractivity contribution in [3.8, 4) is 5.75 Å². The van der Waals surface area contributed by atoms with Gasteiger partial charge in [0.05, 0.1) is 19.3 Å². The molecule has 1 unspecified atom stereocenters. The van der Waals surface area contributed by atoms with Gasteiger partial charge < -0.3 is 15.2 Å². The van der Waals surface area contributed by atoms with Gasteiger partial charge in [0.15, 0.2) is 0 Å². The first-order valence-electron chi connectivity index (χ1n) is 6.46. The van der Waals surface area contributed by atoms with Gasteiger partial charge in [0.25, 0.3) is 0 Å². The molecule has 1 aliphatic heterocycles. The molecule has 0 bridgehead atoms. The maximum Gasteiger partial charge on any atom is 0.115 e. The molecule has 0 aromatic heterocycles. The molecule has 0 amide bonds. The number of ether oxygens (including phenoxy) is 1. The van der Waals surface area contributed by atoms with E-state index in [1.54, 1.807) is 12.1 Å². The van der Waals surface area contributed by atoms with Crippen LogP contribution < -0.4 is 5.32 Å². The van der Waals surface area contributed by atoms with Crippen LogP contribution in [0, 0.1) is 6.92 Å². The zero-order chi connectivity index (χ0) is 13.2. The van der Waals surface area contributed by atoms with E-state index in [0.717, 1.165) is 11.3 Å². The Labute approximate surface area is 112 Å². The molecular formula is C16H17NO2. The van der Waals surface area contributed by atoms with Crippen LogP contribution in [0.3, 0.4) is 0 Å². The summed E-state index contributed by atoms with van der Waals surface area (Å²) < 4.78 is 5.63. The summed E-state index contributed by atoms with van der Waals surface area (Å²) in [6.07, 6.45) is 0. The van der Waals surface area contributed by atoms with Gasteiger partial charge in [0.1, 0.15) is 5.75 Å². The van der Waals surface area contributed by atoms with Gasteiger partial charge in [0, 0.05) is 5.69 Å². The summed E-state index contributed by atoms with van der Waals surface area (Å²) in [4.78, 5) is 0. The fourth-order valence-electron chi connectivity index (χ4n) is 2.50. The molecule has 3 nitrogen and oxygen atoms in total. The lowest BCUT2D eigenvalue weighted by atomic mass is 9.98. The average molecular weight is 255 g/mol.